The molecule has 1 aliphatic carbocycles. The fraction of sp³-hybridized carbons (Fsp3) is 0.533. The third-order valence-corrected chi connectivity index (χ3v) is 3.41. The minimum Gasteiger partial charge on any atom is -0.384 e. The lowest BCUT2D eigenvalue weighted by Crippen LogP contribution is -2.27. The van der Waals surface area contributed by atoms with Gasteiger partial charge >= 0.3 is 0 Å². The highest BCUT2D eigenvalue weighted by Crippen LogP contribution is 2.29. The van der Waals surface area contributed by atoms with E-state index in [2.05, 4.69) is 24.5 Å². The van der Waals surface area contributed by atoms with Gasteiger partial charge in [0.2, 0.25) is 0 Å². The fourth-order valence-electron chi connectivity index (χ4n) is 2.03. The van der Waals surface area contributed by atoms with Crippen molar-refractivity contribution in [3.8, 4) is 0 Å². The quantitative estimate of drug-likeness (QED) is 0.838. The number of aryl methyl sites for hydroxylation is 1. The van der Waals surface area contributed by atoms with Crippen LogP contribution >= 0.6 is 0 Å². The Labute approximate surface area is 109 Å². The average molecular weight is 246 g/mol. The van der Waals surface area contributed by atoms with Gasteiger partial charge in [-0.05, 0) is 43.4 Å². The summed E-state index contributed by atoms with van der Waals surface area (Å²) in [6, 6.07) is 6.32. The molecule has 0 aromatic heterocycles. The maximum Gasteiger partial charge on any atom is 0.253 e. The van der Waals surface area contributed by atoms with Crippen LogP contribution in [0.3, 0.4) is 0 Å². The molecule has 2 N–H and O–H groups in total. The molecule has 1 amide bonds. The van der Waals surface area contributed by atoms with Crippen LogP contribution in [0.15, 0.2) is 18.2 Å². The van der Waals surface area contributed by atoms with E-state index in [-0.39, 0.29) is 5.91 Å². The van der Waals surface area contributed by atoms with Crippen LogP contribution in [-0.4, -0.2) is 18.5 Å². The Bertz CT molecular complexity index is 442. The minimum atomic E-state index is 0.0444. The van der Waals surface area contributed by atoms with E-state index in [9.17, 15) is 4.79 Å². The number of amides is 1. The van der Waals surface area contributed by atoms with Crippen molar-refractivity contribution in [2.24, 2.45) is 5.92 Å². The van der Waals surface area contributed by atoms with Crippen LogP contribution in [-0.2, 0) is 0 Å². The van der Waals surface area contributed by atoms with Crippen molar-refractivity contribution >= 4 is 11.6 Å². The van der Waals surface area contributed by atoms with E-state index in [1.165, 1.54) is 5.56 Å². The number of rotatable bonds is 5. The summed E-state index contributed by atoms with van der Waals surface area (Å²) in [5.74, 6) is 0.675. The van der Waals surface area contributed by atoms with E-state index >= 15 is 0 Å². The standard InChI is InChI=1S/C15H22N2O/c1-4-7-16-14-8-10(2)5-6-12(14)15(18)17-13-9-11(13)3/h5-6,8,11,13,16H,4,7,9H2,1-3H3,(H,17,18). The highest BCUT2D eigenvalue weighted by atomic mass is 16.1. The first-order valence-electron chi connectivity index (χ1n) is 6.77. The first-order valence-corrected chi connectivity index (χ1v) is 6.77. The summed E-state index contributed by atoms with van der Waals surface area (Å²) in [7, 11) is 0. The first kappa shape index (κ1) is 12.9. The molecule has 98 valence electrons. The molecule has 0 heterocycles. The maximum absolute atomic E-state index is 12.2. The van der Waals surface area contributed by atoms with E-state index in [0.717, 1.165) is 30.6 Å². The van der Waals surface area contributed by atoms with E-state index in [4.69, 9.17) is 0 Å². The van der Waals surface area contributed by atoms with Crippen LogP contribution in [0.1, 0.15) is 42.6 Å². The van der Waals surface area contributed by atoms with Crippen LogP contribution in [0.4, 0.5) is 5.69 Å². The van der Waals surface area contributed by atoms with Crippen LogP contribution in [0.5, 0.6) is 0 Å². The Kier molecular flexibility index (Phi) is 3.90. The van der Waals surface area contributed by atoms with Crippen LogP contribution in [0, 0.1) is 12.8 Å². The molecule has 0 bridgehead atoms. The van der Waals surface area contributed by atoms with Gasteiger partial charge in [0.05, 0.1) is 5.56 Å². The van der Waals surface area contributed by atoms with Crippen LogP contribution < -0.4 is 10.6 Å². The van der Waals surface area contributed by atoms with E-state index < -0.39 is 0 Å². The van der Waals surface area contributed by atoms with Gasteiger partial charge in [0.15, 0.2) is 0 Å². The molecule has 1 saturated carbocycles. The summed E-state index contributed by atoms with van der Waals surface area (Å²) < 4.78 is 0. The van der Waals surface area contributed by atoms with Gasteiger partial charge in [0.1, 0.15) is 0 Å². The molecule has 0 aliphatic heterocycles. The number of nitrogens with one attached hydrogen (secondary N) is 2. The second kappa shape index (κ2) is 5.42. The van der Waals surface area contributed by atoms with Crippen molar-refractivity contribution in [3.63, 3.8) is 0 Å². The number of benzene rings is 1. The SMILES string of the molecule is CCCNc1cc(C)ccc1C(=O)NC1CC1C. The molecule has 1 aromatic rings. The minimum absolute atomic E-state index is 0.0444. The van der Waals surface area contributed by atoms with Crippen LogP contribution in [0.2, 0.25) is 0 Å². The summed E-state index contributed by atoms with van der Waals surface area (Å²) in [6.07, 6.45) is 2.16. The lowest BCUT2D eigenvalue weighted by molar-refractivity contribution is 0.0950. The zero-order valence-corrected chi connectivity index (χ0v) is 11.4. The molecule has 3 heteroatoms. The number of hydrogen-bond acceptors (Lipinski definition) is 2. The van der Waals surface area contributed by atoms with Gasteiger partial charge in [-0.2, -0.15) is 0 Å². The van der Waals surface area contributed by atoms with E-state index in [1.54, 1.807) is 0 Å². The van der Waals surface area contributed by atoms with Gasteiger partial charge in [0, 0.05) is 18.3 Å². The van der Waals surface area contributed by atoms with Crippen molar-refractivity contribution in [2.45, 2.75) is 39.7 Å². The number of hydrogen-bond donors (Lipinski definition) is 2. The zero-order chi connectivity index (χ0) is 13.1. The number of carbonyl (C=O) groups excluding carboxylic acids is 1. The largest absolute Gasteiger partial charge is 0.384 e. The van der Waals surface area contributed by atoms with Gasteiger partial charge < -0.3 is 10.6 Å². The third kappa shape index (κ3) is 3.03. The summed E-state index contributed by atoms with van der Waals surface area (Å²) in [5.41, 5.74) is 2.88. The monoisotopic (exact) mass is 246 g/mol. The predicted octanol–water partition coefficient (Wildman–Crippen LogP) is 2.96. The molecule has 0 radical (unpaired) electrons. The van der Waals surface area contributed by atoms with Crippen molar-refractivity contribution < 1.29 is 4.79 Å². The zero-order valence-electron chi connectivity index (χ0n) is 11.4. The molecule has 18 heavy (non-hydrogen) atoms. The van der Waals surface area contributed by atoms with Gasteiger partial charge in [-0.3, -0.25) is 4.79 Å². The molecule has 2 rings (SSSR count). The molecule has 1 aliphatic rings. The Balaban J connectivity index is 2.11. The second-order valence-electron chi connectivity index (χ2n) is 5.27. The molecule has 1 aromatic carbocycles. The first-order chi connectivity index (χ1) is 8.61. The highest BCUT2D eigenvalue weighted by Gasteiger charge is 2.34. The van der Waals surface area contributed by atoms with Crippen LogP contribution in [0.25, 0.3) is 0 Å². The molecule has 2 unspecified atom stereocenters. The summed E-state index contributed by atoms with van der Waals surface area (Å²) in [5, 5.41) is 6.41. The van der Waals surface area contributed by atoms with Gasteiger partial charge in [-0.15, -0.1) is 0 Å². The molecule has 3 nitrogen and oxygen atoms in total. The predicted molar refractivity (Wildman–Crippen MR) is 75.0 cm³/mol. The Hall–Kier alpha value is -1.51. The van der Waals surface area contributed by atoms with E-state index in [0.29, 0.717) is 12.0 Å². The Morgan fingerprint density at radius 2 is 2.17 bits per heavy atom. The molecular formula is C15H22N2O. The second-order valence-corrected chi connectivity index (χ2v) is 5.27. The molecule has 2 atom stereocenters. The Morgan fingerprint density at radius 1 is 1.44 bits per heavy atom. The topological polar surface area (TPSA) is 41.1 Å². The summed E-state index contributed by atoms with van der Waals surface area (Å²) >= 11 is 0. The average Bonchev–Trinajstić information content (AvgIpc) is 3.02. The maximum atomic E-state index is 12.2. The van der Waals surface area contributed by atoms with Gasteiger partial charge in [-0.1, -0.05) is 19.9 Å². The van der Waals surface area contributed by atoms with Gasteiger partial charge in [-0.25, -0.2) is 0 Å². The summed E-state index contributed by atoms with van der Waals surface area (Å²) in [6.45, 7) is 7.22. The van der Waals surface area contributed by atoms with Crippen molar-refractivity contribution in [2.75, 3.05) is 11.9 Å². The molecule has 1 fully saturated rings. The third-order valence-electron chi connectivity index (χ3n) is 3.41. The lowest BCUT2D eigenvalue weighted by Gasteiger charge is -2.12. The fourth-order valence-corrected chi connectivity index (χ4v) is 2.03. The number of carbonyl (C=O) groups is 1. The Morgan fingerprint density at radius 3 is 2.78 bits per heavy atom. The normalized spacial score (nSPS) is 21.5. The lowest BCUT2D eigenvalue weighted by atomic mass is 10.1. The van der Waals surface area contributed by atoms with Gasteiger partial charge in [0.25, 0.3) is 5.91 Å². The van der Waals surface area contributed by atoms with Crippen molar-refractivity contribution in [1.29, 1.82) is 0 Å². The number of anilines is 1. The molecular weight excluding hydrogens is 224 g/mol. The summed E-state index contributed by atoms with van der Waals surface area (Å²) in [4.78, 5) is 12.2. The molecule has 0 spiro atoms. The van der Waals surface area contributed by atoms with E-state index in [1.807, 2.05) is 25.1 Å². The highest BCUT2D eigenvalue weighted by molar-refractivity contribution is 6.00. The molecule has 0 saturated heterocycles. The smallest absolute Gasteiger partial charge is 0.253 e. The van der Waals surface area contributed by atoms with Crippen molar-refractivity contribution in [3.05, 3.63) is 29.3 Å². The van der Waals surface area contributed by atoms with Crippen molar-refractivity contribution in [1.82, 2.24) is 5.32 Å².